The van der Waals surface area contributed by atoms with E-state index in [0.29, 0.717) is 30.5 Å². The second-order valence-electron chi connectivity index (χ2n) is 7.20. The number of anilines is 1. The number of fused-ring (bicyclic) bond motifs is 1. The second-order valence-corrected chi connectivity index (χ2v) is 10.3. The zero-order chi connectivity index (χ0) is 23.5. The highest BCUT2D eigenvalue weighted by molar-refractivity contribution is 7.21. The van der Waals surface area contributed by atoms with E-state index in [1.165, 1.54) is 28.2 Å². The molecule has 0 unspecified atom stereocenters. The van der Waals surface area contributed by atoms with Crippen molar-refractivity contribution in [2.45, 2.75) is 20.3 Å². The minimum absolute atomic E-state index is 0.219. The molecule has 2 N–H and O–H groups in total. The summed E-state index contributed by atoms with van der Waals surface area (Å²) in [6.45, 7) is 3.88. The second kappa shape index (κ2) is 10.1. The van der Waals surface area contributed by atoms with Crippen LogP contribution in [0.25, 0.3) is 10.1 Å². The number of amides is 2. The molecule has 4 rings (SSSR count). The number of rotatable bonds is 6. The number of nitrogens with one attached hydrogen (secondary N) is 2. The Morgan fingerprint density at radius 3 is 2.39 bits per heavy atom. The van der Waals surface area contributed by atoms with Gasteiger partial charge in [0.2, 0.25) is 0 Å². The van der Waals surface area contributed by atoms with Gasteiger partial charge in [-0.1, -0.05) is 54.4 Å². The van der Waals surface area contributed by atoms with Crippen LogP contribution in [0.1, 0.15) is 44.3 Å². The van der Waals surface area contributed by atoms with E-state index in [4.69, 9.17) is 23.2 Å². The molecule has 0 saturated carbocycles. The smallest absolute Gasteiger partial charge is 0.283 e. The van der Waals surface area contributed by atoms with Gasteiger partial charge in [0.15, 0.2) is 0 Å². The van der Waals surface area contributed by atoms with Crippen LogP contribution in [-0.2, 0) is 6.42 Å². The van der Waals surface area contributed by atoms with Gasteiger partial charge in [-0.25, -0.2) is 5.43 Å². The number of hydrazone groups is 1. The molecule has 2 heterocycles. The van der Waals surface area contributed by atoms with Gasteiger partial charge < -0.3 is 5.32 Å². The largest absolute Gasteiger partial charge is 0.321 e. The van der Waals surface area contributed by atoms with E-state index in [0.717, 1.165) is 22.1 Å². The van der Waals surface area contributed by atoms with E-state index in [2.05, 4.69) is 28.8 Å². The third-order valence-corrected chi connectivity index (χ3v) is 7.88. The van der Waals surface area contributed by atoms with Crippen molar-refractivity contribution >= 4 is 79.2 Å². The molecule has 2 amide bonds. The Morgan fingerprint density at radius 2 is 1.73 bits per heavy atom. The van der Waals surface area contributed by atoms with Crippen molar-refractivity contribution in [3.63, 3.8) is 0 Å². The van der Waals surface area contributed by atoms with Crippen LogP contribution in [0.15, 0.2) is 59.7 Å². The Hall–Kier alpha value is -2.71. The highest BCUT2D eigenvalue weighted by Crippen LogP contribution is 2.36. The maximum atomic E-state index is 12.7. The van der Waals surface area contributed by atoms with Crippen molar-refractivity contribution in [3.05, 3.63) is 84.8 Å². The van der Waals surface area contributed by atoms with Gasteiger partial charge in [-0.15, -0.1) is 22.7 Å². The summed E-state index contributed by atoms with van der Waals surface area (Å²) in [6, 6.07) is 16.6. The first-order valence-corrected chi connectivity index (χ1v) is 12.5. The highest BCUT2D eigenvalue weighted by atomic mass is 35.5. The highest BCUT2D eigenvalue weighted by Gasteiger charge is 2.17. The van der Waals surface area contributed by atoms with E-state index in [1.807, 2.05) is 24.3 Å². The molecule has 2 aromatic heterocycles. The Morgan fingerprint density at radius 1 is 0.970 bits per heavy atom. The van der Waals surface area contributed by atoms with Gasteiger partial charge in [-0.3, -0.25) is 9.59 Å². The molecular formula is C24H19Cl2N3O2S2. The van der Waals surface area contributed by atoms with Gasteiger partial charge in [0.1, 0.15) is 4.88 Å². The molecule has 2 aromatic carbocycles. The fraction of sp³-hybridized carbons (Fsp3) is 0.125. The standard InChI is InChI=1S/C24H19Cl2N3O2S2/c1-3-14-4-9-17-19(12-14)33-22(21(17)26)24(31)29-28-13(2)15-5-7-16(8-6-15)27-23(30)18-10-11-20(25)32-18/h4-12H,3H2,1-2H3,(H,27,30)(H,29,31). The molecule has 33 heavy (non-hydrogen) atoms. The van der Waals surface area contributed by atoms with E-state index >= 15 is 0 Å². The van der Waals surface area contributed by atoms with Crippen molar-refractivity contribution in [3.8, 4) is 0 Å². The maximum absolute atomic E-state index is 12.7. The summed E-state index contributed by atoms with van der Waals surface area (Å²) in [6.07, 6.45) is 0.918. The van der Waals surface area contributed by atoms with Gasteiger partial charge >= 0.3 is 0 Å². The lowest BCUT2D eigenvalue weighted by atomic mass is 10.1. The van der Waals surface area contributed by atoms with E-state index in [9.17, 15) is 9.59 Å². The summed E-state index contributed by atoms with van der Waals surface area (Å²) >= 11 is 14.9. The average molecular weight is 516 g/mol. The molecule has 168 valence electrons. The van der Waals surface area contributed by atoms with Gasteiger partial charge in [0, 0.05) is 15.8 Å². The number of carbonyl (C=O) groups excluding carboxylic acids is 2. The summed E-state index contributed by atoms with van der Waals surface area (Å²) in [5.41, 5.74) is 5.86. The number of carbonyl (C=O) groups is 2. The molecule has 4 aromatic rings. The molecular weight excluding hydrogens is 497 g/mol. The lowest BCUT2D eigenvalue weighted by Gasteiger charge is -2.06. The molecule has 0 spiro atoms. The Labute approximate surface area is 209 Å². The first kappa shape index (κ1) is 23.4. The zero-order valence-corrected chi connectivity index (χ0v) is 20.9. The van der Waals surface area contributed by atoms with Crippen molar-refractivity contribution in [1.29, 1.82) is 0 Å². The number of aryl methyl sites for hydroxylation is 1. The predicted molar refractivity (Wildman–Crippen MR) is 140 cm³/mol. The molecule has 5 nitrogen and oxygen atoms in total. The van der Waals surface area contributed by atoms with Gasteiger partial charge in [-0.2, -0.15) is 5.10 Å². The molecule has 0 radical (unpaired) electrons. The van der Waals surface area contributed by atoms with Gasteiger partial charge in [0.05, 0.1) is 19.9 Å². The molecule has 0 saturated heterocycles. The van der Waals surface area contributed by atoms with Gasteiger partial charge in [-0.05, 0) is 54.8 Å². The Balaban J connectivity index is 1.43. The zero-order valence-electron chi connectivity index (χ0n) is 17.7. The van der Waals surface area contributed by atoms with Crippen molar-refractivity contribution in [2.75, 3.05) is 5.32 Å². The SMILES string of the molecule is CCc1ccc2c(Cl)c(C(=O)NN=C(C)c3ccc(NC(=O)c4ccc(Cl)s4)cc3)sc2c1. The first-order chi connectivity index (χ1) is 15.9. The Kier molecular flexibility index (Phi) is 7.14. The van der Waals surface area contributed by atoms with Crippen molar-refractivity contribution in [1.82, 2.24) is 5.43 Å². The van der Waals surface area contributed by atoms with Crippen LogP contribution in [0.5, 0.6) is 0 Å². The number of hydrogen-bond acceptors (Lipinski definition) is 5. The molecule has 0 bridgehead atoms. The van der Waals surface area contributed by atoms with Crippen LogP contribution in [0, 0.1) is 0 Å². The number of halogens is 2. The van der Waals surface area contributed by atoms with Crippen LogP contribution >= 0.6 is 45.9 Å². The van der Waals surface area contributed by atoms with Crippen LogP contribution in [0.4, 0.5) is 5.69 Å². The number of benzene rings is 2. The molecule has 0 aliphatic heterocycles. The molecule has 0 fully saturated rings. The van der Waals surface area contributed by atoms with Crippen molar-refractivity contribution < 1.29 is 9.59 Å². The quantitative estimate of drug-likeness (QED) is 0.210. The fourth-order valence-corrected chi connectivity index (χ4v) is 5.56. The van der Waals surface area contributed by atoms with E-state index in [1.54, 1.807) is 31.2 Å². The first-order valence-electron chi connectivity index (χ1n) is 10.1. The summed E-state index contributed by atoms with van der Waals surface area (Å²) in [4.78, 5) is 25.9. The fourth-order valence-electron chi connectivity index (χ4n) is 3.15. The van der Waals surface area contributed by atoms with Crippen LogP contribution in [0.2, 0.25) is 9.36 Å². The molecule has 0 aliphatic carbocycles. The number of hydrogen-bond donors (Lipinski definition) is 2. The lowest BCUT2D eigenvalue weighted by molar-refractivity contribution is 0.0958. The maximum Gasteiger partial charge on any atom is 0.283 e. The molecule has 0 atom stereocenters. The number of thiophene rings is 2. The summed E-state index contributed by atoms with van der Waals surface area (Å²) in [7, 11) is 0. The lowest BCUT2D eigenvalue weighted by Crippen LogP contribution is -2.18. The summed E-state index contributed by atoms with van der Waals surface area (Å²) < 4.78 is 1.54. The van der Waals surface area contributed by atoms with Crippen LogP contribution < -0.4 is 10.7 Å². The number of nitrogens with zero attached hydrogens (tertiary/aromatic N) is 1. The van der Waals surface area contributed by atoms with Gasteiger partial charge in [0.25, 0.3) is 11.8 Å². The third kappa shape index (κ3) is 5.28. The summed E-state index contributed by atoms with van der Waals surface area (Å²) in [5, 5.41) is 8.36. The summed E-state index contributed by atoms with van der Waals surface area (Å²) in [5.74, 6) is -0.569. The molecule has 9 heteroatoms. The van der Waals surface area contributed by atoms with E-state index < -0.39 is 0 Å². The normalized spacial score (nSPS) is 11.6. The minimum atomic E-state index is -0.350. The predicted octanol–water partition coefficient (Wildman–Crippen LogP) is 7.24. The minimum Gasteiger partial charge on any atom is -0.321 e. The third-order valence-electron chi connectivity index (χ3n) is 4.99. The average Bonchev–Trinajstić information content (AvgIpc) is 3.40. The Bertz CT molecular complexity index is 1370. The van der Waals surface area contributed by atoms with Crippen LogP contribution in [0.3, 0.4) is 0 Å². The van der Waals surface area contributed by atoms with E-state index in [-0.39, 0.29) is 11.8 Å². The van der Waals surface area contributed by atoms with Crippen molar-refractivity contribution in [2.24, 2.45) is 5.10 Å². The monoisotopic (exact) mass is 515 g/mol. The topological polar surface area (TPSA) is 70.6 Å². The van der Waals surface area contributed by atoms with Crippen LogP contribution in [-0.4, -0.2) is 17.5 Å². The molecule has 0 aliphatic rings.